The molecule has 2 nitrogen and oxygen atoms in total. The van der Waals surface area contributed by atoms with Crippen LogP contribution >= 0.6 is 0 Å². The van der Waals surface area contributed by atoms with Gasteiger partial charge in [0.15, 0.2) is 0 Å². The second-order valence-corrected chi connectivity index (χ2v) is 6.19. The summed E-state index contributed by atoms with van der Waals surface area (Å²) in [6.07, 6.45) is 1.33. The number of hydrogen-bond acceptors (Lipinski definition) is 1. The second kappa shape index (κ2) is 5.45. The van der Waals surface area contributed by atoms with Gasteiger partial charge in [-0.1, -0.05) is 30.4 Å². The van der Waals surface area contributed by atoms with E-state index in [9.17, 15) is 18.0 Å². The molecule has 1 aromatic carbocycles. The number of rotatable bonds is 4. The maximum Gasteiger partial charge on any atom is 0.416 e. The van der Waals surface area contributed by atoms with Gasteiger partial charge in [0.1, 0.15) is 0 Å². The van der Waals surface area contributed by atoms with Gasteiger partial charge >= 0.3 is 12.1 Å². The number of carboxylic acid groups (broad SMARTS) is 1. The summed E-state index contributed by atoms with van der Waals surface area (Å²) in [6.45, 7) is 0. The zero-order valence-electron chi connectivity index (χ0n) is 11.9. The third-order valence-corrected chi connectivity index (χ3v) is 4.91. The number of fused-ring (bicyclic) bond motifs is 2. The second-order valence-electron chi connectivity index (χ2n) is 6.19. The number of aliphatic carboxylic acids is 1. The molecule has 4 unspecified atom stereocenters. The fraction of sp³-hybridized carbons (Fsp3) is 0.471. The van der Waals surface area contributed by atoms with Crippen LogP contribution in [0, 0.1) is 17.8 Å². The van der Waals surface area contributed by atoms with Crippen molar-refractivity contribution >= 4 is 5.97 Å². The minimum absolute atomic E-state index is 0.00310. The van der Waals surface area contributed by atoms with Gasteiger partial charge in [-0.25, -0.2) is 0 Å². The average Bonchev–Trinajstić information content (AvgIpc) is 3.04. The molecule has 5 heteroatoms. The predicted octanol–water partition coefficient (Wildman–Crippen LogP) is 4.48. The van der Waals surface area contributed by atoms with Crippen LogP contribution in [-0.2, 0) is 11.0 Å². The van der Waals surface area contributed by atoms with E-state index < -0.39 is 17.7 Å². The highest BCUT2D eigenvalue weighted by Gasteiger charge is 2.45. The highest BCUT2D eigenvalue weighted by molar-refractivity contribution is 5.66. The van der Waals surface area contributed by atoms with Crippen LogP contribution in [0.3, 0.4) is 0 Å². The van der Waals surface area contributed by atoms with Gasteiger partial charge in [0.2, 0.25) is 0 Å². The minimum atomic E-state index is -4.35. The Bertz CT molecular complexity index is 606. The Morgan fingerprint density at radius 2 is 1.95 bits per heavy atom. The van der Waals surface area contributed by atoms with Crippen LogP contribution in [0.4, 0.5) is 13.2 Å². The number of carbonyl (C=O) groups is 1. The largest absolute Gasteiger partial charge is 0.481 e. The van der Waals surface area contributed by atoms with Gasteiger partial charge in [0, 0.05) is 6.42 Å². The summed E-state index contributed by atoms with van der Waals surface area (Å²) in [5, 5.41) is 8.88. The number of benzene rings is 1. The third-order valence-electron chi connectivity index (χ3n) is 4.91. The van der Waals surface area contributed by atoms with E-state index in [-0.39, 0.29) is 24.2 Å². The molecule has 22 heavy (non-hydrogen) atoms. The summed E-state index contributed by atoms with van der Waals surface area (Å²) in [7, 11) is 0. The topological polar surface area (TPSA) is 37.3 Å². The van der Waals surface area contributed by atoms with Gasteiger partial charge in [-0.3, -0.25) is 4.79 Å². The summed E-state index contributed by atoms with van der Waals surface area (Å²) in [6, 6.07) is 5.50. The molecule has 3 rings (SSSR count). The summed E-state index contributed by atoms with van der Waals surface area (Å²) < 4.78 is 38.7. The molecule has 0 amide bonds. The van der Waals surface area contributed by atoms with Gasteiger partial charge in [0.05, 0.1) is 5.56 Å². The van der Waals surface area contributed by atoms with Gasteiger partial charge in [0.25, 0.3) is 0 Å². The van der Waals surface area contributed by atoms with Crippen molar-refractivity contribution in [1.82, 2.24) is 0 Å². The van der Waals surface area contributed by atoms with Crippen molar-refractivity contribution < 1.29 is 23.1 Å². The first kappa shape index (κ1) is 15.1. The number of alkyl halides is 3. The van der Waals surface area contributed by atoms with Crippen LogP contribution in [0.15, 0.2) is 36.4 Å². The van der Waals surface area contributed by atoms with Gasteiger partial charge < -0.3 is 5.11 Å². The van der Waals surface area contributed by atoms with Crippen LogP contribution < -0.4 is 0 Å². The first-order chi connectivity index (χ1) is 10.4. The Balaban J connectivity index is 1.89. The van der Waals surface area contributed by atoms with E-state index in [1.54, 1.807) is 6.07 Å². The van der Waals surface area contributed by atoms with E-state index in [4.69, 9.17) is 5.11 Å². The van der Waals surface area contributed by atoms with Crippen LogP contribution in [0.5, 0.6) is 0 Å². The highest BCUT2D eigenvalue weighted by Crippen LogP contribution is 2.54. The number of carboxylic acids is 1. The molecule has 4 atom stereocenters. The van der Waals surface area contributed by atoms with Crippen molar-refractivity contribution in [2.45, 2.75) is 31.4 Å². The van der Waals surface area contributed by atoms with Crippen LogP contribution in [0.2, 0.25) is 0 Å². The molecule has 1 saturated carbocycles. The normalized spacial score (nSPS) is 30.0. The molecule has 0 radical (unpaired) electrons. The number of allylic oxidation sites excluding steroid dienone is 2. The standard InChI is InChI=1S/C17H17F3O2/c18-17(19,20)13-3-1-2-11(9-13)16-12-5-4-10(8-12)14(16)6-7-15(21)22/h1-5,9-10,12,14,16H,6-8H2,(H,21,22). The smallest absolute Gasteiger partial charge is 0.416 e. The van der Waals surface area contributed by atoms with E-state index in [1.807, 2.05) is 0 Å². The van der Waals surface area contributed by atoms with Crippen LogP contribution in [0.25, 0.3) is 0 Å². The predicted molar refractivity (Wildman–Crippen MR) is 75.3 cm³/mol. The fourth-order valence-electron chi connectivity index (χ4n) is 4.02. The maximum absolute atomic E-state index is 12.9. The van der Waals surface area contributed by atoms with E-state index in [0.29, 0.717) is 17.9 Å². The molecule has 1 aromatic rings. The van der Waals surface area contributed by atoms with Gasteiger partial charge in [-0.05, 0) is 48.1 Å². The molecular weight excluding hydrogens is 293 g/mol. The Kier molecular flexibility index (Phi) is 3.75. The lowest BCUT2D eigenvalue weighted by Gasteiger charge is -2.28. The Morgan fingerprint density at radius 3 is 2.64 bits per heavy atom. The fourth-order valence-corrected chi connectivity index (χ4v) is 4.02. The van der Waals surface area contributed by atoms with Crippen LogP contribution in [0.1, 0.15) is 36.3 Å². The lowest BCUT2D eigenvalue weighted by atomic mass is 9.76. The summed E-state index contributed by atoms with van der Waals surface area (Å²) >= 11 is 0. The number of hydrogen-bond donors (Lipinski definition) is 1. The molecule has 118 valence electrons. The molecule has 0 saturated heterocycles. The van der Waals surface area contributed by atoms with Crippen molar-refractivity contribution in [3.63, 3.8) is 0 Å². The minimum Gasteiger partial charge on any atom is -0.481 e. The van der Waals surface area contributed by atoms with E-state index in [1.165, 1.54) is 12.1 Å². The zero-order valence-corrected chi connectivity index (χ0v) is 11.9. The van der Waals surface area contributed by atoms with E-state index >= 15 is 0 Å². The quantitative estimate of drug-likeness (QED) is 0.833. The first-order valence-electron chi connectivity index (χ1n) is 7.43. The molecule has 0 spiro atoms. The zero-order chi connectivity index (χ0) is 15.9. The molecular formula is C17H17F3O2. The van der Waals surface area contributed by atoms with Crippen LogP contribution in [-0.4, -0.2) is 11.1 Å². The molecule has 2 aliphatic carbocycles. The molecule has 0 heterocycles. The first-order valence-corrected chi connectivity index (χ1v) is 7.43. The monoisotopic (exact) mass is 310 g/mol. The van der Waals surface area contributed by atoms with Gasteiger partial charge in [-0.2, -0.15) is 13.2 Å². The molecule has 0 aromatic heterocycles. The maximum atomic E-state index is 12.9. The lowest BCUT2D eigenvalue weighted by Crippen LogP contribution is -2.19. The molecule has 2 bridgehead atoms. The Hall–Kier alpha value is -1.78. The van der Waals surface area contributed by atoms with Crippen molar-refractivity contribution in [3.05, 3.63) is 47.5 Å². The van der Waals surface area contributed by atoms with E-state index in [2.05, 4.69) is 12.2 Å². The highest BCUT2D eigenvalue weighted by atomic mass is 19.4. The summed E-state index contributed by atoms with van der Waals surface area (Å²) in [4.78, 5) is 10.8. The molecule has 2 aliphatic rings. The Labute approximate surface area is 126 Å². The Morgan fingerprint density at radius 1 is 1.23 bits per heavy atom. The van der Waals surface area contributed by atoms with E-state index in [0.717, 1.165) is 12.5 Å². The van der Waals surface area contributed by atoms with Crippen molar-refractivity contribution in [2.24, 2.45) is 17.8 Å². The molecule has 1 fully saturated rings. The van der Waals surface area contributed by atoms with Crippen molar-refractivity contribution in [1.29, 1.82) is 0 Å². The average molecular weight is 310 g/mol. The SMILES string of the molecule is O=C(O)CCC1C2C=CC(C2)C1c1cccc(C(F)(F)F)c1. The lowest BCUT2D eigenvalue weighted by molar-refractivity contribution is -0.138. The third kappa shape index (κ3) is 2.76. The van der Waals surface area contributed by atoms with Gasteiger partial charge in [-0.15, -0.1) is 0 Å². The molecule has 1 N–H and O–H groups in total. The summed E-state index contributed by atoms with van der Waals surface area (Å²) in [5.74, 6) is -0.211. The number of halogens is 3. The van der Waals surface area contributed by atoms with Crippen molar-refractivity contribution in [3.8, 4) is 0 Å². The summed E-state index contributed by atoms with van der Waals surface area (Å²) in [5.41, 5.74) is 0.0517. The van der Waals surface area contributed by atoms with Crippen molar-refractivity contribution in [2.75, 3.05) is 0 Å². The molecule has 0 aliphatic heterocycles.